The number of sulfonamides is 1. The van der Waals surface area contributed by atoms with Crippen molar-refractivity contribution in [3.63, 3.8) is 0 Å². The van der Waals surface area contributed by atoms with Crippen molar-refractivity contribution in [2.24, 2.45) is 0 Å². The molecule has 1 N–H and O–H groups in total. The van der Waals surface area contributed by atoms with Crippen LogP contribution >= 0.6 is 0 Å². The summed E-state index contributed by atoms with van der Waals surface area (Å²) in [5.74, 6) is 0.408. The first-order valence-corrected chi connectivity index (χ1v) is 16.6. The molecule has 11 heteroatoms. The van der Waals surface area contributed by atoms with E-state index >= 15 is 0 Å². The first kappa shape index (κ1) is 33.6. The van der Waals surface area contributed by atoms with Crippen LogP contribution < -0.4 is 23.8 Å². The number of ether oxygens (including phenoxy) is 3. The first-order valence-electron chi connectivity index (χ1n) is 15.1. The van der Waals surface area contributed by atoms with Crippen LogP contribution in [-0.2, 0) is 26.2 Å². The molecule has 0 unspecified atom stereocenters. The van der Waals surface area contributed by atoms with Crippen LogP contribution in [-0.4, -0.2) is 65.1 Å². The van der Waals surface area contributed by atoms with Crippen LogP contribution in [0.15, 0.2) is 71.6 Å². The average Bonchev–Trinajstić information content (AvgIpc) is 3.06. The minimum atomic E-state index is -4.28. The molecule has 45 heavy (non-hydrogen) atoms. The molecule has 0 bridgehead atoms. The van der Waals surface area contributed by atoms with Crippen LogP contribution in [0.4, 0.5) is 5.69 Å². The molecule has 242 valence electrons. The summed E-state index contributed by atoms with van der Waals surface area (Å²) in [6.07, 6.45) is 5.03. The molecular formula is C34H43N3O7S. The van der Waals surface area contributed by atoms with E-state index in [1.807, 2.05) is 19.1 Å². The quantitative estimate of drug-likeness (QED) is 0.278. The van der Waals surface area contributed by atoms with Crippen molar-refractivity contribution in [1.82, 2.24) is 10.2 Å². The Kier molecular flexibility index (Phi) is 11.3. The van der Waals surface area contributed by atoms with Gasteiger partial charge in [0.15, 0.2) is 11.5 Å². The molecular weight excluding hydrogens is 594 g/mol. The van der Waals surface area contributed by atoms with Gasteiger partial charge < -0.3 is 24.4 Å². The third-order valence-electron chi connectivity index (χ3n) is 8.15. The van der Waals surface area contributed by atoms with Gasteiger partial charge >= 0.3 is 0 Å². The molecule has 3 aromatic carbocycles. The van der Waals surface area contributed by atoms with Crippen molar-refractivity contribution in [2.75, 3.05) is 32.2 Å². The van der Waals surface area contributed by atoms with Gasteiger partial charge in [0.25, 0.3) is 10.0 Å². The zero-order valence-electron chi connectivity index (χ0n) is 26.6. The van der Waals surface area contributed by atoms with E-state index < -0.39 is 28.5 Å². The lowest BCUT2D eigenvalue weighted by Crippen LogP contribution is -2.53. The highest BCUT2D eigenvalue weighted by Gasteiger charge is 2.33. The summed E-state index contributed by atoms with van der Waals surface area (Å²) in [6, 6.07) is 17.6. The highest BCUT2D eigenvalue weighted by atomic mass is 32.2. The summed E-state index contributed by atoms with van der Waals surface area (Å²) in [5.41, 5.74) is 1.98. The number of rotatable bonds is 13. The van der Waals surface area contributed by atoms with Crippen molar-refractivity contribution in [2.45, 2.75) is 69.5 Å². The van der Waals surface area contributed by atoms with Crippen LogP contribution in [0, 0.1) is 6.92 Å². The van der Waals surface area contributed by atoms with E-state index in [1.165, 1.54) is 37.3 Å². The second-order valence-electron chi connectivity index (χ2n) is 11.3. The Balaban J connectivity index is 1.71. The molecule has 0 spiro atoms. The number of aryl methyl sites for hydroxylation is 1. The summed E-state index contributed by atoms with van der Waals surface area (Å²) in [5, 5.41) is 3.12. The second kappa shape index (κ2) is 15.2. The molecule has 0 aliphatic heterocycles. The summed E-state index contributed by atoms with van der Waals surface area (Å²) >= 11 is 0. The lowest BCUT2D eigenvalue weighted by molar-refractivity contribution is -0.139. The zero-order chi connectivity index (χ0) is 32.6. The fourth-order valence-corrected chi connectivity index (χ4v) is 6.89. The van der Waals surface area contributed by atoms with Crippen LogP contribution in [0.1, 0.15) is 50.2 Å². The minimum absolute atomic E-state index is 0.0527. The molecule has 0 heterocycles. The van der Waals surface area contributed by atoms with Crippen LogP contribution in [0.25, 0.3) is 0 Å². The SMILES string of the molecule is COc1cccc(CN(C(=O)CN(c2ccc(C)cc2)S(=O)(=O)c2ccc(OC)c(OC)c2)[C@@H](C)C(=O)NC2CCCCC2)c1. The fraction of sp³-hybridized carbons (Fsp3) is 0.412. The van der Waals surface area contributed by atoms with E-state index in [4.69, 9.17) is 14.2 Å². The number of benzene rings is 3. The van der Waals surface area contributed by atoms with E-state index in [9.17, 15) is 18.0 Å². The first-order chi connectivity index (χ1) is 21.6. The van der Waals surface area contributed by atoms with Gasteiger partial charge in [-0.1, -0.05) is 49.1 Å². The van der Waals surface area contributed by atoms with Crippen molar-refractivity contribution in [3.8, 4) is 17.2 Å². The van der Waals surface area contributed by atoms with Crippen LogP contribution in [0.3, 0.4) is 0 Å². The third kappa shape index (κ3) is 8.27. The molecule has 10 nitrogen and oxygen atoms in total. The van der Waals surface area contributed by atoms with Gasteiger partial charge in [-0.25, -0.2) is 8.42 Å². The fourth-order valence-electron chi connectivity index (χ4n) is 5.46. The Labute approximate surface area is 266 Å². The summed E-state index contributed by atoms with van der Waals surface area (Å²) in [6.45, 7) is 3.11. The molecule has 1 saturated carbocycles. The van der Waals surface area contributed by atoms with E-state index in [0.29, 0.717) is 17.2 Å². The van der Waals surface area contributed by atoms with E-state index in [-0.39, 0.29) is 29.1 Å². The van der Waals surface area contributed by atoms with Crippen molar-refractivity contribution in [3.05, 3.63) is 77.9 Å². The summed E-state index contributed by atoms with van der Waals surface area (Å²) in [4.78, 5) is 29.1. The predicted octanol–water partition coefficient (Wildman–Crippen LogP) is 5.08. The van der Waals surface area contributed by atoms with E-state index in [0.717, 1.165) is 47.5 Å². The summed E-state index contributed by atoms with van der Waals surface area (Å²) in [7, 11) is 0.167. The molecule has 3 aromatic rings. The number of carbonyl (C=O) groups excluding carboxylic acids is 2. The highest BCUT2D eigenvalue weighted by molar-refractivity contribution is 7.92. The molecule has 1 aliphatic rings. The Hall–Kier alpha value is -4.25. The topological polar surface area (TPSA) is 114 Å². The lowest BCUT2D eigenvalue weighted by Gasteiger charge is -2.33. The third-order valence-corrected chi connectivity index (χ3v) is 9.92. The normalized spacial score (nSPS) is 14.2. The molecule has 4 rings (SSSR count). The Morgan fingerprint density at radius 1 is 0.889 bits per heavy atom. The molecule has 2 amide bonds. The standard InChI is InChI=1S/C34H43N3O7S/c1-24-14-16-28(17-15-24)37(45(40,41)30-18-19-31(43-4)32(21-30)44-5)23-33(38)36(22-26-10-9-13-29(20-26)42-3)25(2)34(39)35-27-11-7-6-8-12-27/h9-10,13-21,25,27H,6-8,11-12,22-23H2,1-5H3,(H,35,39)/t25-/m0/s1. The summed E-state index contributed by atoms with van der Waals surface area (Å²) < 4.78 is 45.5. The minimum Gasteiger partial charge on any atom is -0.497 e. The van der Waals surface area contributed by atoms with Crippen LogP contribution in [0.5, 0.6) is 17.2 Å². The monoisotopic (exact) mass is 637 g/mol. The van der Waals surface area contributed by atoms with E-state index in [1.54, 1.807) is 50.4 Å². The van der Waals surface area contributed by atoms with Crippen LogP contribution in [0.2, 0.25) is 0 Å². The predicted molar refractivity (Wildman–Crippen MR) is 173 cm³/mol. The maximum absolute atomic E-state index is 14.3. The molecule has 0 radical (unpaired) electrons. The van der Waals surface area contributed by atoms with E-state index in [2.05, 4.69) is 5.32 Å². The highest BCUT2D eigenvalue weighted by Crippen LogP contribution is 2.32. The number of nitrogens with zero attached hydrogens (tertiary/aromatic N) is 2. The van der Waals surface area contributed by atoms with Gasteiger partial charge in [-0.05, 0) is 68.7 Å². The lowest BCUT2D eigenvalue weighted by atomic mass is 9.95. The van der Waals surface area contributed by atoms with Gasteiger partial charge in [0, 0.05) is 18.7 Å². The molecule has 1 aliphatic carbocycles. The molecule has 1 fully saturated rings. The number of hydrogen-bond acceptors (Lipinski definition) is 7. The van der Waals surface area contributed by atoms with Crippen molar-refractivity contribution < 1.29 is 32.2 Å². The Bertz CT molecular complexity index is 1570. The second-order valence-corrected chi connectivity index (χ2v) is 13.1. The largest absolute Gasteiger partial charge is 0.497 e. The number of methoxy groups -OCH3 is 3. The van der Waals surface area contributed by atoms with Gasteiger partial charge in [0.1, 0.15) is 18.3 Å². The van der Waals surface area contributed by atoms with Gasteiger partial charge in [0.2, 0.25) is 11.8 Å². The maximum Gasteiger partial charge on any atom is 0.264 e. The zero-order valence-corrected chi connectivity index (χ0v) is 27.4. The van der Waals surface area contributed by atoms with Crippen molar-refractivity contribution >= 4 is 27.5 Å². The molecule has 0 saturated heterocycles. The van der Waals surface area contributed by atoms with Crippen molar-refractivity contribution in [1.29, 1.82) is 0 Å². The van der Waals surface area contributed by atoms with Gasteiger partial charge in [-0.15, -0.1) is 0 Å². The Morgan fingerprint density at radius 3 is 2.22 bits per heavy atom. The smallest absolute Gasteiger partial charge is 0.264 e. The average molecular weight is 638 g/mol. The molecule has 1 atom stereocenters. The number of hydrogen-bond donors (Lipinski definition) is 1. The number of nitrogens with one attached hydrogen (secondary N) is 1. The van der Waals surface area contributed by atoms with Gasteiger partial charge in [0.05, 0.1) is 31.9 Å². The number of anilines is 1. The van der Waals surface area contributed by atoms with Gasteiger partial charge in [-0.3, -0.25) is 13.9 Å². The van der Waals surface area contributed by atoms with Gasteiger partial charge in [-0.2, -0.15) is 0 Å². The maximum atomic E-state index is 14.3. The Morgan fingerprint density at radius 2 is 1.58 bits per heavy atom. The number of amides is 2. The number of carbonyl (C=O) groups is 2. The molecule has 0 aromatic heterocycles.